The van der Waals surface area contributed by atoms with Gasteiger partial charge in [0.1, 0.15) is 0 Å². The fraction of sp³-hybridized carbons (Fsp3) is 0.727. The number of rotatable bonds is 3. The van der Waals surface area contributed by atoms with Crippen LogP contribution in [0, 0.1) is 0 Å². The van der Waals surface area contributed by atoms with Crippen molar-refractivity contribution in [3.05, 3.63) is 16.1 Å². The molecule has 2 heterocycles. The van der Waals surface area contributed by atoms with Crippen LogP contribution in [0.15, 0.2) is 6.20 Å². The Morgan fingerprint density at radius 1 is 1.50 bits per heavy atom. The van der Waals surface area contributed by atoms with E-state index in [-0.39, 0.29) is 11.0 Å². The van der Waals surface area contributed by atoms with E-state index >= 15 is 0 Å². The second-order valence-corrected chi connectivity index (χ2v) is 5.37. The van der Waals surface area contributed by atoms with Gasteiger partial charge in [-0.25, -0.2) is 4.98 Å². The molecule has 0 bridgehead atoms. The van der Waals surface area contributed by atoms with Gasteiger partial charge in [-0.15, -0.1) is 11.3 Å². The summed E-state index contributed by atoms with van der Waals surface area (Å²) >= 11 is 0.495. The summed E-state index contributed by atoms with van der Waals surface area (Å²) in [6, 6.07) is 0. The number of halogens is 3. The van der Waals surface area contributed by atoms with Crippen molar-refractivity contribution < 1.29 is 23.0 Å². The monoisotopic (exact) mass is 281 g/mol. The first-order valence-corrected chi connectivity index (χ1v) is 6.61. The third kappa shape index (κ3) is 3.43. The van der Waals surface area contributed by atoms with Crippen LogP contribution >= 0.6 is 11.3 Å². The van der Waals surface area contributed by atoms with E-state index in [4.69, 9.17) is 4.74 Å². The zero-order valence-corrected chi connectivity index (χ0v) is 10.4. The molecule has 2 unspecified atom stereocenters. The maximum atomic E-state index is 12.4. The number of alkyl halides is 3. The lowest BCUT2D eigenvalue weighted by Crippen LogP contribution is -2.21. The number of ether oxygens (including phenoxy) is 1. The van der Waals surface area contributed by atoms with Crippen LogP contribution in [0.5, 0.6) is 0 Å². The summed E-state index contributed by atoms with van der Waals surface area (Å²) in [6.07, 6.45) is -1.11. The number of nitrogens with zero attached hydrogens (tertiary/aromatic N) is 1. The van der Waals surface area contributed by atoms with Crippen molar-refractivity contribution in [3.8, 4) is 0 Å². The Morgan fingerprint density at radius 3 is 2.83 bits per heavy atom. The molecule has 1 aliphatic rings. The highest BCUT2D eigenvalue weighted by Gasteiger charge is 2.35. The molecule has 0 aromatic carbocycles. The van der Waals surface area contributed by atoms with Gasteiger partial charge in [0.15, 0.2) is 5.01 Å². The summed E-state index contributed by atoms with van der Waals surface area (Å²) in [5.41, 5.74) is 0. The minimum Gasteiger partial charge on any atom is -0.387 e. The van der Waals surface area contributed by atoms with E-state index < -0.39 is 17.3 Å². The first kappa shape index (κ1) is 13.8. The average Bonchev–Trinajstić information content (AvgIpc) is 2.79. The van der Waals surface area contributed by atoms with Crippen LogP contribution in [-0.2, 0) is 10.9 Å². The molecule has 1 N–H and O–H groups in total. The lowest BCUT2D eigenvalue weighted by molar-refractivity contribution is -0.137. The number of hydrogen-bond acceptors (Lipinski definition) is 4. The Hall–Kier alpha value is -0.660. The van der Waals surface area contributed by atoms with Gasteiger partial charge in [-0.1, -0.05) is 0 Å². The van der Waals surface area contributed by atoms with Crippen molar-refractivity contribution >= 4 is 11.3 Å². The number of thiazole rings is 1. The molecular weight excluding hydrogens is 267 g/mol. The largest absolute Gasteiger partial charge is 0.443 e. The minimum absolute atomic E-state index is 0.0646. The molecule has 1 aromatic heterocycles. The minimum atomic E-state index is -4.44. The second-order valence-electron chi connectivity index (χ2n) is 4.31. The smallest absolute Gasteiger partial charge is 0.387 e. The highest BCUT2D eigenvalue weighted by Crippen LogP contribution is 2.35. The Bertz CT molecular complexity index is 388. The molecule has 1 fully saturated rings. The van der Waals surface area contributed by atoms with Crippen LogP contribution in [0.1, 0.15) is 41.7 Å². The molecular formula is C11H14F3NO2S. The number of hydrogen-bond donors (Lipinski definition) is 1. The Labute approximate surface area is 107 Å². The fourth-order valence-corrected chi connectivity index (χ4v) is 2.71. The highest BCUT2D eigenvalue weighted by atomic mass is 32.1. The van der Waals surface area contributed by atoms with E-state index in [9.17, 15) is 18.3 Å². The highest BCUT2D eigenvalue weighted by molar-refractivity contribution is 7.11. The van der Waals surface area contributed by atoms with Gasteiger partial charge in [0.05, 0.1) is 17.1 Å². The third-order valence-electron chi connectivity index (χ3n) is 2.85. The van der Waals surface area contributed by atoms with Crippen molar-refractivity contribution in [1.29, 1.82) is 0 Å². The average molecular weight is 281 g/mol. The van der Waals surface area contributed by atoms with Gasteiger partial charge in [-0.05, 0) is 19.3 Å². The number of aromatic nitrogens is 1. The second kappa shape index (κ2) is 5.54. The summed E-state index contributed by atoms with van der Waals surface area (Å²) in [5, 5.41) is 8.96. The predicted molar refractivity (Wildman–Crippen MR) is 60.3 cm³/mol. The van der Waals surface area contributed by atoms with Crippen LogP contribution in [0.3, 0.4) is 0 Å². The molecule has 0 radical (unpaired) electrons. The molecule has 0 aliphatic carbocycles. The Morgan fingerprint density at radius 2 is 2.28 bits per heavy atom. The predicted octanol–water partition coefficient (Wildman–Crippen LogP) is 3.15. The van der Waals surface area contributed by atoms with Gasteiger partial charge in [-0.2, -0.15) is 13.2 Å². The number of aliphatic hydroxyl groups excluding tert-OH is 1. The molecule has 0 spiro atoms. The molecule has 102 valence electrons. The van der Waals surface area contributed by atoms with E-state index in [1.807, 2.05) is 0 Å². The first-order valence-electron chi connectivity index (χ1n) is 5.79. The summed E-state index contributed by atoms with van der Waals surface area (Å²) in [4.78, 5) is 3.54. The summed E-state index contributed by atoms with van der Waals surface area (Å²) in [5.74, 6) is 0. The van der Waals surface area contributed by atoms with E-state index in [0.29, 0.717) is 24.4 Å². The lowest BCUT2D eigenvalue weighted by Gasteiger charge is -2.24. The van der Waals surface area contributed by atoms with Crippen molar-refractivity contribution in [2.45, 2.75) is 44.1 Å². The third-order valence-corrected chi connectivity index (χ3v) is 4.00. The molecule has 1 aliphatic heterocycles. The van der Waals surface area contributed by atoms with Gasteiger partial charge in [0.2, 0.25) is 0 Å². The van der Waals surface area contributed by atoms with Gasteiger partial charge in [0, 0.05) is 19.2 Å². The maximum Gasteiger partial charge on any atom is 0.443 e. The molecule has 0 amide bonds. The molecule has 18 heavy (non-hydrogen) atoms. The quantitative estimate of drug-likeness (QED) is 0.925. The van der Waals surface area contributed by atoms with E-state index in [0.717, 1.165) is 25.5 Å². The fourth-order valence-electron chi connectivity index (χ4n) is 1.93. The van der Waals surface area contributed by atoms with Crippen LogP contribution < -0.4 is 0 Å². The lowest BCUT2D eigenvalue weighted by atomic mass is 10.0. The molecule has 7 heteroatoms. The van der Waals surface area contributed by atoms with Crippen molar-refractivity contribution in [2.24, 2.45) is 0 Å². The zero-order chi connectivity index (χ0) is 13.2. The molecule has 1 saturated heterocycles. The van der Waals surface area contributed by atoms with Crippen molar-refractivity contribution in [3.63, 3.8) is 0 Å². The summed E-state index contributed by atoms with van der Waals surface area (Å²) < 4.78 is 42.5. The topological polar surface area (TPSA) is 42.4 Å². The Kier molecular flexibility index (Phi) is 4.24. The first-order chi connectivity index (χ1) is 8.47. The maximum absolute atomic E-state index is 12.4. The van der Waals surface area contributed by atoms with Gasteiger partial charge >= 0.3 is 6.18 Å². The molecule has 2 atom stereocenters. The Balaban J connectivity index is 1.96. The van der Waals surface area contributed by atoms with Gasteiger partial charge < -0.3 is 9.84 Å². The zero-order valence-electron chi connectivity index (χ0n) is 9.61. The summed E-state index contributed by atoms with van der Waals surface area (Å²) in [7, 11) is 0. The van der Waals surface area contributed by atoms with Crippen LogP contribution in [0.4, 0.5) is 13.2 Å². The summed E-state index contributed by atoms with van der Waals surface area (Å²) in [6.45, 7) is 0.661. The molecule has 1 aromatic rings. The normalized spacial score (nSPS) is 23.0. The van der Waals surface area contributed by atoms with E-state index in [1.165, 1.54) is 0 Å². The van der Waals surface area contributed by atoms with Crippen LogP contribution in [0.25, 0.3) is 0 Å². The van der Waals surface area contributed by atoms with Gasteiger partial charge in [-0.3, -0.25) is 0 Å². The SMILES string of the molecule is OC(CC1CCCCO1)c1cnc(C(F)(F)F)s1. The van der Waals surface area contributed by atoms with Crippen molar-refractivity contribution in [2.75, 3.05) is 6.61 Å². The molecule has 3 nitrogen and oxygen atoms in total. The standard InChI is InChI=1S/C11H14F3NO2S/c12-11(13,14)10-15-6-9(18-10)8(16)5-7-3-1-2-4-17-7/h6-8,16H,1-5H2. The van der Waals surface area contributed by atoms with Crippen LogP contribution in [-0.4, -0.2) is 22.8 Å². The molecule has 2 rings (SSSR count). The number of aliphatic hydroxyl groups is 1. The van der Waals surface area contributed by atoms with Crippen LogP contribution in [0.2, 0.25) is 0 Å². The van der Waals surface area contributed by atoms with E-state index in [1.54, 1.807) is 0 Å². The van der Waals surface area contributed by atoms with Gasteiger partial charge in [0.25, 0.3) is 0 Å². The molecule has 0 saturated carbocycles. The van der Waals surface area contributed by atoms with E-state index in [2.05, 4.69) is 4.98 Å². The van der Waals surface area contributed by atoms with Crippen molar-refractivity contribution in [1.82, 2.24) is 4.98 Å².